The summed E-state index contributed by atoms with van der Waals surface area (Å²) in [5.74, 6) is -0.946. The molecule has 4 N–H and O–H groups in total. The van der Waals surface area contributed by atoms with E-state index in [9.17, 15) is 9.59 Å². The minimum atomic E-state index is -0.699. The lowest BCUT2D eigenvalue weighted by Crippen LogP contribution is -2.57. The lowest BCUT2D eigenvalue weighted by Gasteiger charge is -2.45. The second kappa shape index (κ2) is 7.66. The predicted octanol–water partition coefficient (Wildman–Crippen LogP) is 1.91. The second-order valence-electron chi connectivity index (χ2n) is 8.33. The largest absolute Gasteiger partial charge is 0.383 e. The Hall–Kier alpha value is -3.46. The number of amides is 2. The predicted molar refractivity (Wildman–Crippen MR) is 117 cm³/mol. The molecule has 2 aromatic heterocycles. The van der Waals surface area contributed by atoms with Crippen LogP contribution in [-0.4, -0.2) is 62.0 Å². The molecule has 0 spiro atoms. The van der Waals surface area contributed by atoms with Crippen molar-refractivity contribution in [3.8, 4) is 0 Å². The molecule has 1 aliphatic carbocycles. The number of nitrogen functional groups attached to an aromatic ring is 1. The molecule has 160 valence electrons. The van der Waals surface area contributed by atoms with Crippen molar-refractivity contribution in [2.45, 2.75) is 37.9 Å². The van der Waals surface area contributed by atoms with Crippen LogP contribution in [0.2, 0.25) is 0 Å². The average Bonchev–Trinajstić information content (AvgIpc) is 3.50. The zero-order chi connectivity index (χ0) is 21.5. The summed E-state index contributed by atoms with van der Waals surface area (Å²) in [6.45, 7) is 3.35. The van der Waals surface area contributed by atoms with Gasteiger partial charge in [-0.1, -0.05) is 30.3 Å². The Balaban J connectivity index is 1.40. The third-order valence-electron chi connectivity index (χ3n) is 6.21. The topological polar surface area (TPSA) is 120 Å². The van der Waals surface area contributed by atoms with Gasteiger partial charge in [-0.3, -0.25) is 19.6 Å². The number of nitrogens with one attached hydrogen (secondary N) is 2. The van der Waals surface area contributed by atoms with Gasteiger partial charge in [0.25, 0.3) is 0 Å². The minimum Gasteiger partial charge on any atom is -0.383 e. The molecule has 9 heteroatoms. The molecular formula is C22H25N7O2. The average molecular weight is 419 g/mol. The van der Waals surface area contributed by atoms with E-state index in [0.29, 0.717) is 35.0 Å². The van der Waals surface area contributed by atoms with Crippen LogP contribution in [0, 0.1) is 0 Å². The maximum absolute atomic E-state index is 13.3. The van der Waals surface area contributed by atoms with Crippen molar-refractivity contribution >= 4 is 34.2 Å². The number of nitrogens with zero attached hydrogens (tertiary/aromatic N) is 4. The summed E-state index contributed by atoms with van der Waals surface area (Å²) >= 11 is 0. The van der Waals surface area contributed by atoms with E-state index in [2.05, 4.69) is 32.3 Å². The van der Waals surface area contributed by atoms with Crippen LogP contribution in [0.15, 0.2) is 42.7 Å². The highest BCUT2D eigenvalue weighted by Gasteiger charge is 2.42. The summed E-state index contributed by atoms with van der Waals surface area (Å²) in [6.07, 6.45) is 5.37. The van der Waals surface area contributed by atoms with E-state index in [4.69, 9.17) is 5.73 Å². The molecule has 2 atom stereocenters. The third-order valence-corrected chi connectivity index (χ3v) is 6.21. The Morgan fingerprint density at radius 2 is 1.94 bits per heavy atom. The molecular weight excluding hydrogens is 394 g/mol. The Morgan fingerprint density at radius 1 is 1.16 bits per heavy atom. The first kappa shape index (κ1) is 19.5. The van der Waals surface area contributed by atoms with Crippen LogP contribution in [0.25, 0.3) is 10.9 Å². The first-order valence-corrected chi connectivity index (χ1v) is 10.5. The van der Waals surface area contributed by atoms with Gasteiger partial charge in [0.15, 0.2) is 0 Å². The van der Waals surface area contributed by atoms with Gasteiger partial charge < -0.3 is 16.0 Å². The molecule has 0 bridgehead atoms. The number of H-pyrrole nitrogens is 1. The molecule has 1 aliphatic heterocycles. The van der Waals surface area contributed by atoms with E-state index in [-0.39, 0.29) is 12.1 Å². The molecule has 3 aromatic rings. The molecule has 2 amide bonds. The van der Waals surface area contributed by atoms with E-state index in [0.717, 1.165) is 12.1 Å². The van der Waals surface area contributed by atoms with Crippen LogP contribution in [0.3, 0.4) is 0 Å². The van der Waals surface area contributed by atoms with Gasteiger partial charge in [-0.25, -0.2) is 4.98 Å². The van der Waals surface area contributed by atoms with Crippen LogP contribution in [0.5, 0.6) is 0 Å². The quantitative estimate of drug-likeness (QED) is 0.558. The molecule has 5 rings (SSSR count). The van der Waals surface area contributed by atoms with E-state index in [1.165, 1.54) is 19.0 Å². The number of anilines is 2. The van der Waals surface area contributed by atoms with Gasteiger partial charge in [-0.2, -0.15) is 5.10 Å². The number of carbonyl (C=O) groups excluding carboxylic acids is 2. The number of carbonyl (C=O) groups is 2. The molecule has 3 heterocycles. The normalized spacial score (nSPS) is 21.9. The molecule has 31 heavy (non-hydrogen) atoms. The molecule has 0 radical (unpaired) electrons. The van der Waals surface area contributed by atoms with Gasteiger partial charge in [0, 0.05) is 25.2 Å². The highest BCUT2D eigenvalue weighted by atomic mass is 16.2. The number of piperazine rings is 1. The lowest BCUT2D eigenvalue weighted by molar-refractivity contribution is -0.148. The molecule has 0 unspecified atom stereocenters. The van der Waals surface area contributed by atoms with Crippen molar-refractivity contribution in [3.05, 3.63) is 48.3 Å². The Bertz CT molecular complexity index is 1130. The molecule has 1 saturated carbocycles. The first-order chi connectivity index (χ1) is 15.0. The van der Waals surface area contributed by atoms with Crippen LogP contribution >= 0.6 is 0 Å². The SMILES string of the molecule is C[C@@H]1CN(C(=O)C(=O)Nc2cnc(N)c3cn[nH]c23)[C@@H](c2ccccc2)CN1C1CC1. The summed E-state index contributed by atoms with van der Waals surface area (Å²) in [5, 5.41) is 10.1. The van der Waals surface area contributed by atoms with Crippen LogP contribution in [-0.2, 0) is 9.59 Å². The van der Waals surface area contributed by atoms with Crippen molar-refractivity contribution in [3.63, 3.8) is 0 Å². The second-order valence-corrected chi connectivity index (χ2v) is 8.33. The minimum absolute atomic E-state index is 0.173. The number of aromatic nitrogens is 3. The van der Waals surface area contributed by atoms with E-state index in [1.807, 2.05) is 30.3 Å². The van der Waals surface area contributed by atoms with E-state index >= 15 is 0 Å². The fourth-order valence-electron chi connectivity index (χ4n) is 4.45. The zero-order valence-electron chi connectivity index (χ0n) is 17.3. The molecule has 1 saturated heterocycles. The maximum Gasteiger partial charge on any atom is 0.314 e. The number of fused-ring (bicyclic) bond motifs is 1. The summed E-state index contributed by atoms with van der Waals surface area (Å²) in [5.41, 5.74) is 7.81. The summed E-state index contributed by atoms with van der Waals surface area (Å²) in [4.78, 5) is 34.5. The Kier molecular flexibility index (Phi) is 4.82. The molecule has 1 aromatic carbocycles. The van der Waals surface area contributed by atoms with Gasteiger partial charge >= 0.3 is 11.8 Å². The highest BCUT2D eigenvalue weighted by molar-refractivity contribution is 6.40. The Morgan fingerprint density at radius 3 is 2.68 bits per heavy atom. The summed E-state index contributed by atoms with van der Waals surface area (Å²) < 4.78 is 0. The Labute approximate surface area is 179 Å². The molecule has 9 nitrogen and oxygen atoms in total. The number of hydrogen-bond donors (Lipinski definition) is 3. The number of rotatable bonds is 3. The van der Waals surface area contributed by atoms with Gasteiger partial charge in [-0.05, 0) is 25.3 Å². The third kappa shape index (κ3) is 3.61. The fourth-order valence-corrected chi connectivity index (χ4v) is 4.45. The van der Waals surface area contributed by atoms with E-state index < -0.39 is 11.8 Å². The van der Waals surface area contributed by atoms with Gasteiger partial charge in [0.2, 0.25) is 0 Å². The van der Waals surface area contributed by atoms with Crippen LogP contribution < -0.4 is 11.1 Å². The fraction of sp³-hybridized carbons (Fsp3) is 0.364. The van der Waals surface area contributed by atoms with Crippen LogP contribution in [0.4, 0.5) is 11.5 Å². The van der Waals surface area contributed by atoms with Gasteiger partial charge in [0.1, 0.15) is 5.82 Å². The van der Waals surface area contributed by atoms with Gasteiger partial charge in [-0.15, -0.1) is 0 Å². The summed E-state index contributed by atoms with van der Waals surface area (Å²) in [6, 6.07) is 10.5. The van der Waals surface area contributed by atoms with E-state index in [1.54, 1.807) is 11.1 Å². The standard InChI is InChI=1S/C22H25N7O2/c1-13-11-29(18(12-28(13)15-7-8-15)14-5-3-2-4-6-14)22(31)21(30)26-17-10-24-20(23)16-9-25-27-19(16)17/h2-6,9-10,13,15,18H,7-8,11-12H2,1H3,(H2,23,24)(H,25,27)(H,26,30)/t13-,18-/m1/s1. The van der Waals surface area contributed by atoms with Crippen molar-refractivity contribution in [1.29, 1.82) is 0 Å². The zero-order valence-corrected chi connectivity index (χ0v) is 17.3. The van der Waals surface area contributed by atoms with Crippen molar-refractivity contribution in [2.24, 2.45) is 0 Å². The van der Waals surface area contributed by atoms with Crippen LogP contribution in [0.1, 0.15) is 31.4 Å². The molecule has 2 aliphatic rings. The number of hydrogen-bond acceptors (Lipinski definition) is 6. The monoisotopic (exact) mass is 419 g/mol. The first-order valence-electron chi connectivity index (χ1n) is 10.5. The smallest absolute Gasteiger partial charge is 0.314 e. The molecule has 2 fully saturated rings. The highest BCUT2D eigenvalue weighted by Crippen LogP contribution is 2.36. The number of nitrogens with two attached hydrogens (primary N) is 1. The lowest BCUT2D eigenvalue weighted by atomic mass is 9.99. The van der Waals surface area contributed by atoms with Crippen molar-refractivity contribution < 1.29 is 9.59 Å². The number of pyridine rings is 1. The van der Waals surface area contributed by atoms with Crippen molar-refractivity contribution in [2.75, 3.05) is 24.1 Å². The maximum atomic E-state index is 13.3. The summed E-state index contributed by atoms with van der Waals surface area (Å²) in [7, 11) is 0. The van der Waals surface area contributed by atoms with Crippen molar-refractivity contribution in [1.82, 2.24) is 25.0 Å². The number of benzene rings is 1. The van der Waals surface area contributed by atoms with Gasteiger partial charge in [0.05, 0.1) is 35.0 Å². The number of aromatic amines is 1.